The van der Waals surface area contributed by atoms with E-state index in [9.17, 15) is 14.5 Å². The smallest absolute Gasteiger partial charge is 0.287 e. The Morgan fingerprint density at radius 2 is 2.10 bits per heavy atom. The third kappa shape index (κ3) is 3.76. The number of rotatable bonds is 5. The average molecular weight is 285 g/mol. The van der Waals surface area contributed by atoms with Crippen LogP contribution in [0, 0.1) is 27.3 Å². The summed E-state index contributed by atoms with van der Waals surface area (Å²) in [6.45, 7) is 0.534. The number of hydrogen-bond donors (Lipinski definition) is 1. The van der Waals surface area contributed by atoms with E-state index in [1.165, 1.54) is 24.3 Å². The van der Waals surface area contributed by atoms with Gasteiger partial charge in [-0.15, -0.1) is 0 Å². The van der Waals surface area contributed by atoms with Crippen LogP contribution in [0.15, 0.2) is 42.5 Å². The second-order valence-corrected chi connectivity index (χ2v) is 4.41. The molecular weight excluding hydrogens is 273 g/mol. The summed E-state index contributed by atoms with van der Waals surface area (Å²) in [5.74, 6) is -0.283. The van der Waals surface area contributed by atoms with E-state index in [1.54, 1.807) is 18.2 Å². The van der Waals surface area contributed by atoms with Crippen molar-refractivity contribution in [2.45, 2.75) is 6.42 Å². The summed E-state index contributed by atoms with van der Waals surface area (Å²) in [5.41, 5.74) is 1.27. The van der Waals surface area contributed by atoms with Crippen molar-refractivity contribution in [2.75, 3.05) is 11.9 Å². The van der Waals surface area contributed by atoms with Gasteiger partial charge in [-0.1, -0.05) is 12.1 Å². The first-order valence-electron chi connectivity index (χ1n) is 6.27. The second-order valence-electron chi connectivity index (χ2n) is 4.41. The molecule has 1 N–H and O–H groups in total. The van der Waals surface area contributed by atoms with E-state index < -0.39 is 4.92 Å². The van der Waals surface area contributed by atoms with Gasteiger partial charge in [0.05, 0.1) is 4.92 Å². The first-order valence-corrected chi connectivity index (χ1v) is 6.27. The van der Waals surface area contributed by atoms with Crippen LogP contribution in [0.1, 0.15) is 11.1 Å². The van der Waals surface area contributed by atoms with E-state index in [0.717, 1.165) is 5.56 Å². The number of nitriles is 1. The number of anilines is 1. The SMILES string of the molecule is N#Cc1cc(NCCc2cccc(F)c2)ccc1[N+](=O)[O-]. The number of hydrogen-bond acceptors (Lipinski definition) is 4. The van der Waals surface area contributed by atoms with Crippen LogP contribution in [0.4, 0.5) is 15.8 Å². The summed E-state index contributed by atoms with van der Waals surface area (Å²) < 4.78 is 13.0. The lowest BCUT2D eigenvalue weighted by molar-refractivity contribution is -0.385. The van der Waals surface area contributed by atoms with Gasteiger partial charge in [-0.3, -0.25) is 10.1 Å². The summed E-state index contributed by atoms with van der Waals surface area (Å²) in [4.78, 5) is 10.1. The number of nitro groups is 1. The molecule has 0 radical (unpaired) electrons. The van der Waals surface area contributed by atoms with Crippen LogP contribution in [0.2, 0.25) is 0 Å². The Hall–Kier alpha value is -2.94. The molecule has 0 amide bonds. The Labute approximate surface area is 120 Å². The molecule has 2 aromatic carbocycles. The second kappa shape index (κ2) is 6.48. The largest absolute Gasteiger partial charge is 0.385 e. The zero-order chi connectivity index (χ0) is 15.2. The molecule has 0 aliphatic heterocycles. The van der Waals surface area contributed by atoms with Gasteiger partial charge in [-0.2, -0.15) is 5.26 Å². The molecule has 106 valence electrons. The summed E-state index contributed by atoms with van der Waals surface area (Å²) in [7, 11) is 0. The van der Waals surface area contributed by atoms with Crippen molar-refractivity contribution in [3.8, 4) is 6.07 Å². The molecule has 0 saturated carbocycles. The summed E-state index contributed by atoms with van der Waals surface area (Å²) in [6.07, 6.45) is 0.608. The van der Waals surface area contributed by atoms with Crippen molar-refractivity contribution >= 4 is 11.4 Å². The van der Waals surface area contributed by atoms with Crippen molar-refractivity contribution in [1.82, 2.24) is 0 Å². The molecule has 0 saturated heterocycles. The highest BCUT2D eigenvalue weighted by molar-refractivity contribution is 5.58. The fourth-order valence-electron chi connectivity index (χ4n) is 1.94. The van der Waals surface area contributed by atoms with Gasteiger partial charge in [0.1, 0.15) is 17.4 Å². The van der Waals surface area contributed by atoms with Crippen LogP contribution in [0.3, 0.4) is 0 Å². The Morgan fingerprint density at radius 3 is 2.76 bits per heavy atom. The van der Waals surface area contributed by atoms with Crippen molar-refractivity contribution in [1.29, 1.82) is 5.26 Å². The first-order chi connectivity index (χ1) is 10.1. The number of nitrogens with zero attached hydrogens (tertiary/aromatic N) is 2. The van der Waals surface area contributed by atoms with Gasteiger partial charge in [0.2, 0.25) is 0 Å². The van der Waals surface area contributed by atoms with Crippen LogP contribution in [-0.2, 0) is 6.42 Å². The summed E-state index contributed by atoms with van der Waals surface area (Å²) in [6, 6.07) is 12.4. The van der Waals surface area contributed by atoms with E-state index in [1.807, 2.05) is 6.07 Å². The number of nitrogens with one attached hydrogen (secondary N) is 1. The van der Waals surface area contributed by atoms with E-state index in [2.05, 4.69) is 5.32 Å². The maximum absolute atomic E-state index is 13.0. The number of benzene rings is 2. The van der Waals surface area contributed by atoms with E-state index in [-0.39, 0.29) is 17.1 Å². The Balaban J connectivity index is 2.01. The average Bonchev–Trinajstić information content (AvgIpc) is 2.47. The molecule has 0 aliphatic carbocycles. The lowest BCUT2D eigenvalue weighted by Gasteiger charge is -2.07. The highest BCUT2D eigenvalue weighted by atomic mass is 19.1. The van der Waals surface area contributed by atoms with E-state index in [0.29, 0.717) is 18.7 Å². The van der Waals surface area contributed by atoms with Gasteiger partial charge >= 0.3 is 0 Å². The fraction of sp³-hybridized carbons (Fsp3) is 0.133. The zero-order valence-electron chi connectivity index (χ0n) is 11.0. The Kier molecular flexibility index (Phi) is 4.46. The van der Waals surface area contributed by atoms with Gasteiger partial charge in [0, 0.05) is 18.3 Å². The first kappa shape index (κ1) is 14.5. The molecule has 0 fully saturated rings. The molecule has 0 spiro atoms. The maximum Gasteiger partial charge on any atom is 0.287 e. The van der Waals surface area contributed by atoms with Crippen molar-refractivity contribution in [3.63, 3.8) is 0 Å². The van der Waals surface area contributed by atoms with Gasteiger partial charge in [0.25, 0.3) is 5.69 Å². The number of nitro benzene ring substituents is 1. The predicted molar refractivity (Wildman–Crippen MR) is 76.4 cm³/mol. The van der Waals surface area contributed by atoms with Crippen LogP contribution in [0.5, 0.6) is 0 Å². The topological polar surface area (TPSA) is 79.0 Å². The molecule has 0 aliphatic rings. The molecule has 0 unspecified atom stereocenters. The fourth-order valence-corrected chi connectivity index (χ4v) is 1.94. The molecule has 2 aromatic rings. The van der Waals surface area contributed by atoms with Gasteiger partial charge in [-0.25, -0.2) is 4.39 Å². The van der Waals surface area contributed by atoms with Crippen LogP contribution >= 0.6 is 0 Å². The lowest BCUT2D eigenvalue weighted by atomic mass is 10.1. The lowest BCUT2D eigenvalue weighted by Crippen LogP contribution is -2.05. The predicted octanol–water partition coefficient (Wildman–Crippen LogP) is 3.26. The van der Waals surface area contributed by atoms with Gasteiger partial charge in [-0.05, 0) is 36.2 Å². The van der Waals surface area contributed by atoms with Gasteiger partial charge < -0.3 is 5.32 Å². The zero-order valence-corrected chi connectivity index (χ0v) is 11.0. The normalized spacial score (nSPS) is 9.90. The van der Waals surface area contributed by atoms with Crippen LogP contribution < -0.4 is 5.32 Å². The molecule has 5 nitrogen and oxygen atoms in total. The molecule has 6 heteroatoms. The third-order valence-electron chi connectivity index (χ3n) is 2.95. The Bertz CT molecular complexity index is 710. The van der Waals surface area contributed by atoms with E-state index in [4.69, 9.17) is 5.26 Å². The van der Waals surface area contributed by atoms with Crippen LogP contribution in [0.25, 0.3) is 0 Å². The quantitative estimate of drug-likeness (QED) is 0.675. The van der Waals surface area contributed by atoms with E-state index >= 15 is 0 Å². The highest BCUT2D eigenvalue weighted by Crippen LogP contribution is 2.21. The van der Waals surface area contributed by atoms with Crippen LogP contribution in [-0.4, -0.2) is 11.5 Å². The van der Waals surface area contributed by atoms with Crippen molar-refractivity contribution < 1.29 is 9.31 Å². The molecule has 2 rings (SSSR count). The molecule has 0 bridgehead atoms. The summed E-state index contributed by atoms with van der Waals surface area (Å²) in [5, 5.41) is 22.7. The summed E-state index contributed by atoms with van der Waals surface area (Å²) >= 11 is 0. The standard InChI is InChI=1S/C15H12FN3O2/c16-13-3-1-2-11(8-13)6-7-18-14-4-5-15(19(20)21)12(9-14)10-17/h1-5,8-9,18H,6-7H2. The molecule has 21 heavy (non-hydrogen) atoms. The molecule has 0 aromatic heterocycles. The van der Waals surface area contributed by atoms with Gasteiger partial charge in [0.15, 0.2) is 0 Å². The highest BCUT2D eigenvalue weighted by Gasteiger charge is 2.13. The minimum absolute atomic E-state index is 0.00996. The number of halogens is 1. The Morgan fingerprint density at radius 1 is 1.29 bits per heavy atom. The molecule has 0 atom stereocenters. The molecular formula is C15H12FN3O2. The maximum atomic E-state index is 13.0. The van der Waals surface area contributed by atoms with Crippen molar-refractivity contribution in [3.05, 3.63) is 69.5 Å². The third-order valence-corrected chi connectivity index (χ3v) is 2.95. The monoisotopic (exact) mass is 285 g/mol. The molecule has 0 heterocycles. The minimum Gasteiger partial charge on any atom is -0.385 e. The van der Waals surface area contributed by atoms with Crippen molar-refractivity contribution in [2.24, 2.45) is 0 Å². The minimum atomic E-state index is -0.588.